The fourth-order valence-corrected chi connectivity index (χ4v) is 2.05. The van der Waals surface area contributed by atoms with Crippen molar-refractivity contribution < 1.29 is 18.4 Å². The molecule has 0 saturated heterocycles. The second-order valence-electron chi connectivity index (χ2n) is 5.34. The van der Waals surface area contributed by atoms with Crippen molar-refractivity contribution in [3.8, 4) is 0 Å². The fourth-order valence-electron chi connectivity index (χ4n) is 2.05. The zero-order valence-corrected chi connectivity index (χ0v) is 13.1. The summed E-state index contributed by atoms with van der Waals surface area (Å²) in [7, 11) is 0. The van der Waals surface area contributed by atoms with E-state index in [-0.39, 0.29) is 30.5 Å². The molecule has 2 rings (SSSR count). The molecule has 2 N–H and O–H groups in total. The van der Waals surface area contributed by atoms with Gasteiger partial charge >= 0.3 is 0 Å². The molecule has 8 heteroatoms. The van der Waals surface area contributed by atoms with Gasteiger partial charge in [0.1, 0.15) is 11.6 Å². The van der Waals surface area contributed by atoms with Crippen LogP contribution in [0.15, 0.2) is 36.7 Å². The number of rotatable bonds is 7. The van der Waals surface area contributed by atoms with Crippen molar-refractivity contribution >= 4 is 17.5 Å². The van der Waals surface area contributed by atoms with E-state index < -0.39 is 17.5 Å². The minimum atomic E-state index is -0.721. The second kappa shape index (κ2) is 8.19. The molecule has 0 aliphatic rings. The van der Waals surface area contributed by atoms with Crippen LogP contribution in [-0.2, 0) is 16.1 Å². The van der Waals surface area contributed by atoms with E-state index in [0.717, 1.165) is 18.2 Å². The van der Waals surface area contributed by atoms with Crippen LogP contribution in [0.5, 0.6) is 0 Å². The molecule has 2 aromatic rings. The van der Waals surface area contributed by atoms with Gasteiger partial charge in [0, 0.05) is 31.4 Å². The van der Waals surface area contributed by atoms with Gasteiger partial charge in [-0.05, 0) is 18.2 Å². The van der Waals surface area contributed by atoms with Crippen LogP contribution >= 0.6 is 0 Å². The van der Waals surface area contributed by atoms with Crippen LogP contribution in [0, 0.1) is 17.6 Å². The molecule has 0 saturated carbocycles. The molecule has 1 aromatic heterocycles. The lowest BCUT2D eigenvalue weighted by Gasteiger charge is -2.12. The summed E-state index contributed by atoms with van der Waals surface area (Å²) >= 11 is 0. The Morgan fingerprint density at radius 1 is 1.33 bits per heavy atom. The summed E-state index contributed by atoms with van der Waals surface area (Å²) in [6.07, 6.45) is 3.33. The molecule has 24 heavy (non-hydrogen) atoms. The first-order valence-corrected chi connectivity index (χ1v) is 7.45. The predicted molar refractivity (Wildman–Crippen MR) is 84.0 cm³/mol. The fraction of sp³-hybridized carbons (Fsp3) is 0.312. The smallest absolute Gasteiger partial charge is 0.226 e. The molecular weight excluding hydrogens is 318 g/mol. The van der Waals surface area contributed by atoms with Gasteiger partial charge < -0.3 is 10.6 Å². The molecular formula is C16H18F2N4O2. The number of aromatic nitrogens is 2. The van der Waals surface area contributed by atoms with E-state index in [1.54, 1.807) is 30.1 Å². The minimum absolute atomic E-state index is 0.0455. The van der Waals surface area contributed by atoms with Gasteiger partial charge in [0.05, 0.1) is 18.2 Å². The van der Waals surface area contributed by atoms with Crippen molar-refractivity contribution in [3.63, 3.8) is 0 Å². The van der Waals surface area contributed by atoms with Crippen LogP contribution < -0.4 is 10.6 Å². The highest BCUT2D eigenvalue weighted by Crippen LogP contribution is 2.15. The van der Waals surface area contributed by atoms with E-state index in [9.17, 15) is 18.4 Å². The molecule has 0 radical (unpaired) electrons. The number of nitrogens with one attached hydrogen (secondary N) is 2. The molecule has 0 bridgehead atoms. The van der Waals surface area contributed by atoms with Crippen LogP contribution in [0.4, 0.5) is 14.5 Å². The first-order valence-electron chi connectivity index (χ1n) is 7.45. The van der Waals surface area contributed by atoms with Gasteiger partial charge in [-0.3, -0.25) is 14.3 Å². The number of carbonyl (C=O) groups is 2. The van der Waals surface area contributed by atoms with Crippen LogP contribution in [0.1, 0.15) is 13.3 Å². The summed E-state index contributed by atoms with van der Waals surface area (Å²) in [4.78, 5) is 23.6. The quantitative estimate of drug-likeness (QED) is 0.811. The third-order valence-electron chi connectivity index (χ3n) is 3.32. The van der Waals surface area contributed by atoms with Crippen molar-refractivity contribution in [2.75, 3.05) is 11.9 Å². The molecule has 1 aromatic carbocycles. The number of nitrogens with zero attached hydrogens (tertiary/aromatic N) is 2. The van der Waals surface area contributed by atoms with E-state index in [1.165, 1.54) is 0 Å². The van der Waals surface area contributed by atoms with Crippen molar-refractivity contribution in [1.82, 2.24) is 15.1 Å². The van der Waals surface area contributed by atoms with Gasteiger partial charge in [-0.15, -0.1) is 0 Å². The van der Waals surface area contributed by atoms with Crippen LogP contribution in [0.3, 0.4) is 0 Å². The van der Waals surface area contributed by atoms with E-state index in [0.29, 0.717) is 6.54 Å². The third-order valence-corrected chi connectivity index (χ3v) is 3.32. The maximum atomic E-state index is 13.4. The largest absolute Gasteiger partial charge is 0.355 e. The Morgan fingerprint density at radius 2 is 2.12 bits per heavy atom. The highest BCUT2D eigenvalue weighted by atomic mass is 19.1. The average molecular weight is 336 g/mol. The Labute approximate surface area is 137 Å². The second-order valence-corrected chi connectivity index (χ2v) is 5.34. The van der Waals surface area contributed by atoms with Crippen molar-refractivity contribution in [1.29, 1.82) is 0 Å². The molecule has 0 spiro atoms. The van der Waals surface area contributed by atoms with Gasteiger partial charge in [0.2, 0.25) is 11.8 Å². The maximum Gasteiger partial charge on any atom is 0.226 e. The highest BCUT2D eigenvalue weighted by molar-refractivity contribution is 5.91. The standard InChI is InChI=1S/C16H18F2N4O2/c1-11(10-22-8-2-6-20-22)16(24)19-7-5-15(23)21-14-9-12(17)3-4-13(14)18/h2-4,6,8-9,11H,5,7,10H2,1H3,(H,19,24)(H,21,23). The summed E-state index contributed by atoms with van der Waals surface area (Å²) in [5.41, 5.74) is -0.224. The van der Waals surface area contributed by atoms with Gasteiger partial charge in [-0.2, -0.15) is 5.10 Å². The summed E-state index contributed by atoms with van der Waals surface area (Å²) < 4.78 is 28.1. The topological polar surface area (TPSA) is 76.0 Å². The SMILES string of the molecule is CC(Cn1cccn1)C(=O)NCCC(=O)Nc1cc(F)ccc1F. The van der Waals surface area contributed by atoms with E-state index in [4.69, 9.17) is 0 Å². The van der Waals surface area contributed by atoms with Gasteiger partial charge in [-0.1, -0.05) is 6.92 Å². The molecule has 0 fully saturated rings. The summed E-state index contributed by atoms with van der Waals surface area (Å²) in [5.74, 6) is -2.41. The molecule has 1 unspecified atom stereocenters. The first kappa shape index (κ1) is 17.6. The van der Waals surface area contributed by atoms with Crippen LogP contribution in [-0.4, -0.2) is 28.1 Å². The average Bonchev–Trinajstić information content (AvgIpc) is 3.03. The molecule has 1 heterocycles. The first-order chi connectivity index (χ1) is 11.5. The summed E-state index contributed by atoms with van der Waals surface area (Å²) in [6.45, 7) is 2.28. The van der Waals surface area contributed by atoms with Gasteiger partial charge in [-0.25, -0.2) is 8.78 Å². The van der Waals surface area contributed by atoms with E-state index >= 15 is 0 Å². The Morgan fingerprint density at radius 3 is 2.83 bits per heavy atom. The molecule has 6 nitrogen and oxygen atoms in total. The molecule has 1 atom stereocenters. The Kier molecular flexibility index (Phi) is 6.00. The molecule has 0 aliphatic heterocycles. The van der Waals surface area contributed by atoms with Gasteiger partial charge in [0.15, 0.2) is 0 Å². The number of hydrogen-bond acceptors (Lipinski definition) is 3. The van der Waals surface area contributed by atoms with E-state index in [2.05, 4.69) is 15.7 Å². The van der Waals surface area contributed by atoms with Crippen LogP contribution in [0.2, 0.25) is 0 Å². The highest BCUT2D eigenvalue weighted by Gasteiger charge is 2.14. The zero-order valence-electron chi connectivity index (χ0n) is 13.1. The molecule has 128 valence electrons. The lowest BCUT2D eigenvalue weighted by atomic mass is 10.1. The Bertz CT molecular complexity index is 704. The Hall–Kier alpha value is -2.77. The number of hydrogen-bond donors (Lipinski definition) is 2. The van der Waals surface area contributed by atoms with Crippen molar-refractivity contribution in [2.24, 2.45) is 5.92 Å². The minimum Gasteiger partial charge on any atom is -0.355 e. The number of halogens is 2. The van der Waals surface area contributed by atoms with Crippen molar-refractivity contribution in [2.45, 2.75) is 19.9 Å². The normalized spacial score (nSPS) is 11.8. The number of amides is 2. The number of carbonyl (C=O) groups excluding carboxylic acids is 2. The third kappa shape index (κ3) is 5.15. The zero-order chi connectivity index (χ0) is 17.5. The Balaban J connectivity index is 1.73. The molecule has 0 aliphatic carbocycles. The van der Waals surface area contributed by atoms with Crippen molar-refractivity contribution in [3.05, 3.63) is 48.3 Å². The van der Waals surface area contributed by atoms with E-state index in [1.807, 2.05) is 0 Å². The summed E-state index contributed by atoms with van der Waals surface area (Å²) in [6, 6.07) is 4.56. The number of anilines is 1. The maximum absolute atomic E-state index is 13.4. The van der Waals surface area contributed by atoms with Crippen LogP contribution in [0.25, 0.3) is 0 Å². The molecule has 2 amide bonds. The monoisotopic (exact) mass is 336 g/mol. The number of benzene rings is 1. The summed E-state index contributed by atoms with van der Waals surface area (Å²) in [5, 5.41) is 8.92. The van der Waals surface area contributed by atoms with Gasteiger partial charge in [0.25, 0.3) is 0 Å². The predicted octanol–water partition coefficient (Wildman–Crippen LogP) is 1.94. The lowest BCUT2D eigenvalue weighted by Crippen LogP contribution is -2.33. The lowest BCUT2D eigenvalue weighted by molar-refractivity contribution is -0.125.